The predicted octanol–water partition coefficient (Wildman–Crippen LogP) is 2.45. The maximum absolute atomic E-state index is 4.61. The van der Waals surface area contributed by atoms with E-state index in [1.807, 2.05) is 25.5 Å². The average molecular weight is 467 g/mol. The Morgan fingerprint density at radius 3 is 2.77 bits per heavy atom. The van der Waals surface area contributed by atoms with Crippen LogP contribution >= 0.6 is 24.0 Å². The van der Waals surface area contributed by atoms with Gasteiger partial charge in [0.15, 0.2) is 5.96 Å². The second-order valence-corrected chi connectivity index (χ2v) is 6.03. The first kappa shape index (κ1) is 20.2. The van der Waals surface area contributed by atoms with E-state index in [2.05, 4.69) is 55.4 Å². The van der Waals surface area contributed by atoms with Gasteiger partial charge in [-0.1, -0.05) is 12.1 Å². The number of para-hydroxylation sites is 2. The Kier molecular flexibility index (Phi) is 7.43. The normalized spacial score (nSPS) is 11.4. The lowest BCUT2D eigenvalue weighted by Gasteiger charge is -2.12. The van der Waals surface area contributed by atoms with E-state index < -0.39 is 0 Å². The van der Waals surface area contributed by atoms with Crippen molar-refractivity contribution in [1.29, 1.82) is 0 Å². The number of aromatic nitrogens is 4. The molecule has 26 heavy (non-hydrogen) atoms. The number of hydrogen-bond donors (Lipinski definition) is 2. The number of benzene rings is 1. The molecular weight excluding hydrogens is 441 g/mol. The Bertz CT molecular complexity index is 865. The summed E-state index contributed by atoms with van der Waals surface area (Å²) in [6, 6.07) is 8.26. The molecule has 0 aliphatic heterocycles. The van der Waals surface area contributed by atoms with Crippen LogP contribution in [0.25, 0.3) is 11.0 Å². The van der Waals surface area contributed by atoms with Crippen LogP contribution in [0, 0.1) is 6.92 Å². The van der Waals surface area contributed by atoms with Crippen LogP contribution in [-0.4, -0.2) is 38.9 Å². The fourth-order valence-corrected chi connectivity index (χ4v) is 2.89. The summed E-state index contributed by atoms with van der Waals surface area (Å²) in [7, 11) is 3.70. The Labute approximate surface area is 170 Å². The standard InChI is InChI=1S/C18H25N7.HI/c1-14-23-16-7-4-5-8-17(16)25(14)10-6-9-20-18(19-2)21-11-15-12-22-24(3)13-15;/h4-5,7-8,12-13H,6,9-11H2,1-3H3,(H2,19,20,21);1H. The summed E-state index contributed by atoms with van der Waals surface area (Å²) < 4.78 is 4.06. The maximum Gasteiger partial charge on any atom is 0.191 e. The molecule has 3 aromatic rings. The van der Waals surface area contributed by atoms with Crippen LogP contribution in [0.15, 0.2) is 41.7 Å². The Morgan fingerprint density at radius 2 is 2.04 bits per heavy atom. The van der Waals surface area contributed by atoms with Crippen LogP contribution in [-0.2, 0) is 20.1 Å². The monoisotopic (exact) mass is 467 g/mol. The topological polar surface area (TPSA) is 72.1 Å². The van der Waals surface area contributed by atoms with Crippen molar-refractivity contribution in [2.45, 2.75) is 26.4 Å². The van der Waals surface area contributed by atoms with Crippen LogP contribution < -0.4 is 10.6 Å². The van der Waals surface area contributed by atoms with E-state index in [-0.39, 0.29) is 24.0 Å². The van der Waals surface area contributed by atoms with Crippen LogP contribution in [0.5, 0.6) is 0 Å². The minimum atomic E-state index is 0. The molecule has 0 fully saturated rings. The van der Waals surface area contributed by atoms with Gasteiger partial charge in [0.2, 0.25) is 0 Å². The molecule has 2 heterocycles. The van der Waals surface area contributed by atoms with E-state index in [0.717, 1.165) is 42.4 Å². The zero-order valence-corrected chi connectivity index (χ0v) is 17.8. The highest BCUT2D eigenvalue weighted by Crippen LogP contribution is 2.15. The molecule has 0 bridgehead atoms. The predicted molar refractivity (Wildman–Crippen MR) is 116 cm³/mol. The minimum Gasteiger partial charge on any atom is -0.356 e. The van der Waals surface area contributed by atoms with Crippen molar-refractivity contribution in [3.63, 3.8) is 0 Å². The van der Waals surface area contributed by atoms with Crippen molar-refractivity contribution in [2.24, 2.45) is 12.0 Å². The summed E-state index contributed by atoms with van der Waals surface area (Å²) >= 11 is 0. The van der Waals surface area contributed by atoms with Gasteiger partial charge in [0.1, 0.15) is 5.82 Å². The van der Waals surface area contributed by atoms with Gasteiger partial charge in [-0.15, -0.1) is 24.0 Å². The van der Waals surface area contributed by atoms with Gasteiger partial charge in [-0.3, -0.25) is 9.67 Å². The van der Waals surface area contributed by atoms with E-state index in [1.165, 1.54) is 5.52 Å². The van der Waals surface area contributed by atoms with E-state index >= 15 is 0 Å². The van der Waals surface area contributed by atoms with Gasteiger partial charge < -0.3 is 15.2 Å². The third-order valence-corrected chi connectivity index (χ3v) is 4.14. The smallest absolute Gasteiger partial charge is 0.191 e. The zero-order valence-electron chi connectivity index (χ0n) is 15.4. The molecule has 2 N–H and O–H groups in total. The molecule has 140 valence electrons. The van der Waals surface area contributed by atoms with E-state index in [0.29, 0.717) is 6.54 Å². The van der Waals surface area contributed by atoms with Crippen molar-refractivity contribution in [2.75, 3.05) is 13.6 Å². The summed E-state index contributed by atoms with van der Waals surface area (Å²) in [6.45, 7) is 4.54. The van der Waals surface area contributed by atoms with Gasteiger partial charge in [-0.05, 0) is 25.5 Å². The lowest BCUT2D eigenvalue weighted by atomic mass is 10.3. The van der Waals surface area contributed by atoms with E-state index in [4.69, 9.17) is 0 Å². The lowest BCUT2D eigenvalue weighted by molar-refractivity contribution is 0.624. The zero-order chi connectivity index (χ0) is 17.6. The summed E-state index contributed by atoms with van der Waals surface area (Å²) in [5, 5.41) is 10.8. The number of nitrogens with one attached hydrogen (secondary N) is 2. The molecule has 0 saturated heterocycles. The molecule has 0 aliphatic carbocycles. The molecule has 0 saturated carbocycles. The van der Waals surface area contributed by atoms with Gasteiger partial charge >= 0.3 is 0 Å². The Hall–Kier alpha value is -2.10. The molecule has 7 nitrogen and oxygen atoms in total. The number of guanidine groups is 1. The summed E-state index contributed by atoms with van der Waals surface area (Å²) in [4.78, 5) is 8.87. The van der Waals surface area contributed by atoms with Crippen LogP contribution in [0.2, 0.25) is 0 Å². The van der Waals surface area contributed by atoms with Gasteiger partial charge in [-0.25, -0.2) is 4.98 Å². The molecule has 0 unspecified atom stereocenters. The van der Waals surface area contributed by atoms with Crippen molar-refractivity contribution in [1.82, 2.24) is 30.0 Å². The molecule has 0 spiro atoms. The molecule has 1 aromatic carbocycles. The van der Waals surface area contributed by atoms with Crippen LogP contribution in [0.4, 0.5) is 0 Å². The highest BCUT2D eigenvalue weighted by atomic mass is 127. The second kappa shape index (κ2) is 9.56. The van der Waals surface area contributed by atoms with Gasteiger partial charge in [0.05, 0.1) is 17.2 Å². The first-order chi connectivity index (χ1) is 12.2. The third kappa shape index (κ3) is 4.96. The van der Waals surface area contributed by atoms with E-state index in [1.54, 1.807) is 11.7 Å². The van der Waals surface area contributed by atoms with Crippen molar-refractivity contribution in [3.05, 3.63) is 48.0 Å². The number of halogens is 1. The summed E-state index contributed by atoms with van der Waals surface area (Å²) in [5.41, 5.74) is 3.38. The SMILES string of the molecule is CN=C(NCCCn1c(C)nc2ccccc21)NCc1cnn(C)c1.I. The summed E-state index contributed by atoms with van der Waals surface area (Å²) in [5.74, 6) is 1.86. The van der Waals surface area contributed by atoms with Gasteiger partial charge in [0.25, 0.3) is 0 Å². The van der Waals surface area contributed by atoms with Gasteiger partial charge in [0, 0.05) is 45.5 Å². The maximum atomic E-state index is 4.61. The molecule has 2 aromatic heterocycles. The summed E-state index contributed by atoms with van der Waals surface area (Å²) in [6.07, 6.45) is 4.84. The highest BCUT2D eigenvalue weighted by molar-refractivity contribution is 14.0. The molecule has 0 radical (unpaired) electrons. The number of hydrogen-bond acceptors (Lipinski definition) is 3. The highest BCUT2D eigenvalue weighted by Gasteiger charge is 2.06. The molecule has 3 rings (SSSR count). The minimum absolute atomic E-state index is 0. The van der Waals surface area contributed by atoms with E-state index in [9.17, 15) is 0 Å². The number of rotatable bonds is 6. The number of imidazole rings is 1. The first-order valence-corrected chi connectivity index (χ1v) is 8.51. The van der Waals surface area contributed by atoms with Gasteiger partial charge in [-0.2, -0.15) is 5.10 Å². The molecule has 8 heteroatoms. The third-order valence-electron chi connectivity index (χ3n) is 4.14. The number of fused-ring (bicyclic) bond motifs is 1. The van der Waals surface area contributed by atoms with Crippen LogP contribution in [0.3, 0.4) is 0 Å². The second-order valence-electron chi connectivity index (χ2n) is 6.03. The Morgan fingerprint density at radius 1 is 1.23 bits per heavy atom. The van der Waals surface area contributed by atoms with Crippen molar-refractivity contribution in [3.8, 4) is 0 Å². The fourth-order valence-electron chi connectivity index (χ4n) is 2.89. The van der Waals surface area contributed by atoms with Crippen molar-refractivity contribution < 1.29 is 0 Å². The number of nitrogens with zero attached hydrogens (tertiary/aromatic N) is 5. The van der Waals surface area contributed by atoms with Crippen molar-refractivity contribution >= 4 is 41.0 Å². The molecular formula is C18H26IN7. The molecule has 0 aliphatic rings. The molecule has 0 atom stereocenters. The fraction of sp³-hybridized carbons (Fsp3) is 0.389. The lowest BCUT2D eigenvalue weighted by Crippen LogP contribution is -2.37. The average Bonchev–Trinajstić information content (AvgIpc) is 3.17. The Balaban J connectivity index is 0.00000243. The molecule has 0 amide bonds. The van der Waals surface area contributed by atoms with Crippen LogP contribution in [0.1, 0.15) is 17.8 Å². The first-order valence-electron chi connectivity index (χ1n) is 8.51. The quantitative estimate of drug-likeness (QED) is 0.253. The number of aliphatic imine (C=N–C) groups is 1. The number of aryl methyl sites for hydroxylation is 3. The largest absolute Gasteiger partial charge is 0.356 e.